The molecule has 3 rings (SSSR count). The molecule has 0 amide bonds. The number of nitrogen functional groups attached to an aromatic ring is 1. The highest BCUT2D eigenvalue weighted by Gasteiger charge is 2.43. The smallest absolute Gasteiger partial charge is 0.167 e. The van der Waals surface area contributed by atoms with Gasteiger partial charge < -0.3 is 20.7 Å². The number of nitrogens with two attached hydrogens (primary N) is 1. The Balaban J connectivity index is 2.04. The van der Waals surface area contributed by atoms with Gasteiger partial charge in [-0.1, -0.05) is 6.92 Å². The highest BCUT2D eigenvalue weighted by molar-refractivity contribution is 5.81. The fraction of sp³-hybridized carbons (Fsp3) is 0.455. The van der Waals surface area contributed by atoms with Crippen molar-refractivity contribution in [3.63, 3.8) is 0 Å². The van der Waals surface area contributed by atoms with E-state index in [1.54, 1.807) is 0 Å². The number of aromatic nitrogens is 4. The number of hydrogen-bond donors (Lipinski definition) is 3. The van der Waals surface area contributed by atoms with Crippen molar-refractivity contribution < 1.29 is 14.9 Å². The molecular formula is C11H14N5O3. The third-order valence-electron chi connectivity index (χ3n) is 3.28. The normalized spacial score (nSPS) is 31.1. The molecule has 3 heterocycles. The van der Waals surface area contributed by atoms with Crippen molar-refractivity contribution in [2.75, 3.05) is 5.73 Å². The van der Waals surface area contributed by atoms with Crippen LogP contribution in [0.25, 0.3) is 11.2 Å². The second kappa shape index (κ2) is 4.41. The molecule has 1 aliphatic heterocycles. The fourth-order valence-electron chi connectivity index (χ4n) is 2.25. The van der Waals surface area contributed by atoms with Crippen molar-refractivity contribution in [2.45, 2.75) is 31.0 Å². The first-order chi connectivity index (χ1) is 9.13. The van der Waals surface area contributed by atoms with Crippen molar-refractivity contribution in [3.8, 4) is 0 Å². The van der Waals surface area contributed by atoms with Crippen molar-refractivity contribution >= 4 is 17.0 Å². The molecule has 4 N–H and O–H groups in total. The van der Waals surface area contributed by atoms with Gasteiger partial charge in [-0.05, 0) is 6.42 Å². The molecule has 0 saturated carbocycles. The quantitative estimate of drug-likeness (QED) is 0.653. The summed E-state index contributed by atoms with van der Waals surface area (Å²) in [6, 6.07) is 0. The van der Waals surface area contributed by atoms with Crippen LogP contribution in [0.15, 0.2) is 12.7 Å². The summed E-state index contributed by atoms with van der Waals surface area (Å²) in [6.07, 6.45) is -0.204. The van der Waals surface area contributed by atoms with Crippen LogP contribution in [0.5, 0.6) is 0 Å². The minimum Gasteiger partial charge on any atom is -0.388 e. The minimum absolute atomic E-state index is 0.255. The lowest BCUT2D eigenvalue weighted by Crippen LogP contribution is -2.31. The zero-order valence-electron chi connectivity index (χ0n) is 10.0. The fourth-order valence-corrected chi connectivity index (χ4v) is 2.25. The highest BCUT2D eigenvalue weighted by atomic mass is 16.6. The lowest BCUT2D eigenvalue weighted by atomic mass is 10.1. The molecule has 101 valence electrons. The highest BCUT2D eigenvalue weighted by Crippen LogP contribution is 2.32. The number of ether oxygens (including phenoxy) is 1. The Kier molecular flexibility index (Phi) is 2.85. The molecule has 1 fully saturated rings. The van der Waals surface area contributed by atoms with Crippen LogP contribution in [-0.2, 0) is 4.74 Å². The standard InChI is InChI=1S/C11H14N5O3/c1-2-5-7(17)8(18)11(19-5)16-4-15-6-9(12)13-3-14-10(6)16/h3-5,7-8,11,17-18H,1-2H2,(H2,12,13,14)/t5-,7-,8-,11-/m1/s1. The molecule has 2 aromatic heterocycles. The first-order valence-electron chi connectivity index (χ1n) is 5.87. The van der Waals surface area contributed by atoms with Gasteiger partial charge >= 0.3 is 0 Å². The molecular weight excluding hydrogens is 250 g/mol. The molecule has 0 aromatic carbocycles. The monoisotopic (exact) mass is 264 g/mol. The molecule has 0 spiro atoms. The van der Waals surface area contributed by atoms with Gasteiger partial charge in [0.25, 0.3) is 0 Å². The van der Waals surface area contributed by atoms with E-state index in [1.807, 2.05) is 0 Å². The van der Waals surface area contributed by atoms with E-state index >= 15 is 0 Å². The average Bonchev–Trinajstić information content (AvgIpc) is 2.94. The van der Waals surface area contributed by atoms with Gasteiger partial charge in [0.05, 0.1) is 12.4 Å². The molecule has 1 saturated heterocycles. The van der Waals surface area contributed by atoms with Crippen LogP contribution in [0, 0.1) is 6.92 Å². The van der Waals surface area contributed by atoms with E-state index in [-0.39, 0.29) is 5.82 Å². The second-order valence-electron chi connectivity index (χ2n) is 4.42. The number of aliphatic hydroxyl groups is 2. The number of imidazole rings is 1. The van der Waals surface area contributed by atoms with Crippen molar-refractivity contribution in [3.05, 3.63) is 19.6 Å². The number of nitrogens with zero attached hydrogens (tertiary/aromatic N) is 4. The largest absolute Gasteiger partial charge is 0.388 e. The van der Waals surface area contributed by atoms with E-state index in [0.717, 1.165) is 0 Å². The molecule has 0 bridgehead atoms. The number of aliphatic hydroxyl groups excluding tert-OH is 2. The van der Waals surface area contributed by atoms with Crippen molar-refractivity contribution in [2.24, 2.45) is 0 Å². The number of hydrogen-bond acceptors (Lipinski definition) is 7. The van der Waals surface area contributed by atoms with Crippen LogP contribution in [0.4, 0.5) is 5.82 Å². The average molecular weight is 264 g/mol. The SMILES string of the molecule is [CH2]C[C@H]1O[C@@H](n2cnc3c(N)ncnc32)[C@H](O)[C@@H]1O. The minimum atomic E-state index is -1.07. The summed E-state index contributed by atoms with van der Waals surface area (Å²) < 4.78 is 7.13. The lowest BCUT2D eigenvalue weighted by molar-refractivity contribution is -0.0339. The molecule has 1 aliphatic rings. The Morgan fingerprint density at radius 1 is 1.32 bits per heavy atom. The molecule has 2 aromatic rings. The Morgan fingerprint density at radius 3 is 2.79 bits per heavy atom. The lowest BCUT2D eigenvalue weighted by Gasteiger charge is -2.16. The van der Waals surface area contributed by atoms with Gasteiger partial charge in [-0.25, -0.2) is 15.0 Å². The molecule has 4 atom stereocenters. The summed E-state index contributed by atoms with van der Waals surface area (Å²) >= 11 is 0. The molecule has 8 nitrogen and oxygen atoms in total. The van der Waals surface area contributed by atoms with E-state index in [9.17, 15) is 10.2 Å². The maximum atomic E-state index is 10.0. The maximum Gasteiger partial charge on any atom is 0.167 e. The zero-order valence-corrected chi connectivity index (χ0v) is 10.0. The van der Waals surface area contributed by atoms with Crippen LogP contribution in [-0.4, -0.2) is 48.0 Å². The van der Waals surface area contributed by atoms with Gasteiger partial charge in [0, 0.05) is 0 Å². The molecule has 8 heteroatoms. The zero-order chi connectivity index (χ0) is 13.6. The topological polar surface area (TPSA) is 119 Å². The molecule has 19 heavy (non-hydrogen) atoms. The van der Waals surface area contributed by atoms with Gasteiger partial charge in [0.2, 0.25) is 0 Å². The van der Waals surface area contributed by atoms with Gasteiger partial charge in [0.1, 0.15) is 24.1 Å². The van der Waals surface area contributed by atoms with Crippen LogP contribution in [0.1, 0.15) is 12.6 Å². The summed E-state index contributed by atoms with van der Waals surface area (Å²) in [5, 5.41) is 19.9. The molecule has 0 unspecified atom stereocenters. The summed E-state index contributed by atoms with van der Waals surface area (Å²) in [4.78, 5) is 12.0. The third-order valence-corrected chi connectivity index (χ3v) is 3.28. The third kappa shape index (κ3) is 1.76. The number of anilines is 1. The van der Waals surface area contributed by atoms with Crippen LogP contribution in [0.2, 0.25) is 0 Å². The Morgan fingerprint density at radius 2 is 2.11 bits per heavy atom. The maximum absolute atomic E-state index is 10.0. The summed E-state index contributed by atoms with van der Waals surface area (Å²) in [7, 11) is 0. The van der Waals surface area contributed by atoms with Crippen LogP contribution in [0.3, 0.4) is 0 Å². The summed E-state index contributed by atoms with van der Waals surface area (Å²) in [5.41, 5.74) is 6.58. The first kappa shape index (κ1) is 12.3. The second-order valence-corrected chi connectivity index (χ2v) is 4.42. The van der Waals surface area contributed by atoms with E-state index < -0.39 is 24.5 Å². The Hall–Kier alpha value is -1.77. The van der Waals surface area contributed by atoms with Gasteiger partial charge in [-0.3, -0.25) is 4.57 Å². The van der Waals surface area contributed by atoms with E-state index in [0.29, 0.717) is 17.6 Å². The Labute approximate surface area is 108 Å². The van der Waals surface area contributed by atoms with Crippen molar-refractivity contribution in [1.82, 2.24) is 19.5 Å². The number of rotatable bonds is 2. The van der Waals surface area contributed by atoms with E-state index in [4.69, 9.17) is 10.5 Å². The summed E-state index contributed by atoms with van der Waals surface area (Å²) in [6.45, 7) is 3.68. The Bertz CT molecular complexity index is 601. The first-order valence-corrected chi connectivity index (χ1v) is 5.87. The predicted molar refractivity (Wildman–Crippen MR) is 65.6 cm³/mol. The van der Waals surface area contributed by atoms with E-state index in [1.165, 1.54) is 17.2 Å². The number of fused-ring (bicyclic) bond motifs is 1. The van der Waals surface area contributed by atoms with Gasteiger partial charge in [0.15, 0.2) is 17.7 Å². The van der Waals surface area contributed by atoms with E-state index in [2.05, 4.69) is 21.9 Å². The van der Waals surface area contributed by atoms with Crippen LogP contribution < -0.4 is 5.73 Å². The summed E-state index contributed by atoms with van der Waals surface area (Å²) in [5.74, 6) is 0.255. The molecule has 0 aliphatic carbocycles. The molecule has 1 radical (unpaired) electrons. The van der Waals surface area contributed by atoms with Crippen molar-refractivity contribution in [1.29, 1.82) is 0 Å². The van der Waals surface area contributed by atoms with Gasteiger partial charge in [-0.2, -0.15) is 0 Å². The van der Waals surface area contributed by atoms with Gasteiger partial charge in [-0.15, -0.1) is 0 Å². The predicted octanol–water partition coefficient (Wildman–Crippen LogP) is -0.748. The van der Waals surface area contributed by atoms with Crippen LogP contribution >= 0.6 is 0 Å².